The van der Waals surface area contributed by atoms with Crippen molar-refractivity contribution in [3.63, 3.8) is 0 Å². The number of hydrogen-bond donors (Lipinski definition) is 1. The Morgan fingerprint density at radius 3 is 2.60 bits per heavy atom. The molecule has 0 amide bonds. The van der Waals surface area contributed by atoms with E-state index >= 15 is 0 Å². The van der Waals surface area contributed by atoms with Gasteiger partial charge in [-0.15, -0.1) is 0 Å². The summed E-state index contributed by atoms with van der Waals surface area (Å²) >= 11 is 12.5. The summed E-state index contributed by atoms with van der Waals surface area (Å²) in [6.45, 7) is 1.66. The van der Waals surface area contributed by atoms with Crippen molar-refractivity contribution in [3.05, 3.63) is 51.5 Å². The van der Waals surface area contributed by atoms with Gasteiger partial charge in [0.15, 0.2) is 9.84 Å². The standard InChI is InChI=1S/C17H19Cl2N3O2S/c1-25(23,24)15-10-21-16(8-12-13(18)5-2-6-14(12)19)22-17(15)11-4-3-7-20-9-11/h2,5-6,10-11,20H,3-4,7-9H2,1H3/t11-/m1/s1. The molecule has 3 rings (SSSR count). The molecule has 2 heterocycles. The van der Waals surface area contributed by atoms with Crippen LogP contribution in [0.3, 0.4) is 0 Å². The van der Waals surface area contributed by atoms with Crippen LogP contribution < -0.4 is 5.32 Å². The Balaban J connectivity index is 2.01. The van der Waals surface area contributed by atoms with Gasteiger partial charge in [-0.25, -0.2) is 18.4 Å². The minimum absolute atomic E-state index is 0.0574. The van der Waals surface area contributed by atoms with Crippen LogP contribution in [-0.4, -0.2) is 37.7 Å². The number of nitrogens with one attached hydrogen (secondary N) is 1. The number of benzene rings is 1. The lowest BCUT2D eigenvalue weighted by Crippen LogP contribution is -2.30. The number of hydrogen-bond acceptors (Lipinski definition) is 5. The highest BCUT2D eigenvalue weighted by atomic mass is 35.5. The van der Waals surface area contributed by atoms with Crippen LogP contribution in [0.1, 0.15) is 35.8 Å². The lowest BCUT2D eigenvalue weighted by molar-refractivity contribution is 0.446. The van der Waals surface area contributed by atoms with Gasteiger partial charge in [-0.1, -0.05) is 29.3 Å². The van der Waals surface area contributed by atoms with Gasteiger partial charge in [-0.3, -0.25) is 0 Å². The molecule has 1 aromatic heterocycles. The monoisotopic (exact) mass is 399 g/mol. The van der Waals surface area contributed by atoms with Crippen molar-refractivity contribution in [3.8, 4) is 0 Å². The summed E-state index contributed by atoms with van der Waals surface area (Å²) in [5.41, 5.74) is 1.33. The molecule has 1 atom stereocenters. The maximum atomic E-state index is 12.1. The number of rotatable bonds is 4. The summed E-state index contributed by atoms with van der Waals surface area (Å²) in [6, 6.07) is 5.31. The number of aromatic nitrogens is 2. The predicted molar refractivity (Wildman–Crippen MR) is 99.3 cm³/mol. The van der Waals surface area contributed by atoms with Gasteiger partial charge < -0.3 is 5.32 Å². The second kappa shape index (κ2) is 7.58. The van der Waals surface area contributed by atoms with Gasteiger partial charge in [0, 0.05) is 41.4 Å². The quantitative estimate of drug-likeness (QED) is 0.853. The Morgan fingerprint density at radius 1 is 1.28 bits per heavy atom. The Morgan fingerprint density at radius 2 is 2.00 bits per heavy atom. The molecule has 25 heavy (non-hydrogen) atoms. The molecule has 0 unspecified atom stereocenters. The maximum Gasteiger partial charge on any atom is 0.178 e. The van der Waals surface area contributed by atoms with E-state index in [2.05, 4.69) is 15.3 Å². The van der Waals surface area contributed by atoms with E-state index in [9.17, 15) is 8.42 Å². The van der Waals surface area contributed by atoms with Crippen LogP contribution in [0.15, 0.2) is 29.3 Å². The van der Waals surface area contributed by atoms with Gasteiger partial charge in [-0.2, -0.15) is 0 Å². The Kier molecular flexibility index (Phi) is 5.63. The molecule has 2 aromatic rings. The van der Waals surface area contributed by atoms with Crippen LogP contribution in [0.4, 0.5) is 0 Å². The molecule has 134 valence electrons. The zero-order valence-electron chi connectivity index (χ0n) is 13.8. The molecular formula is C17H19Cl2N3O2S. The average molecular weight is 400 g/mol. The zero-order chi connectivity index (χ0) is 18.0. The lowest BCUT2D eigenvalue weighted by atomic mass is 9.96. The molecule has 1 saturated heterocycles. The molecule has 1 fully saturated rings. The summed E-state index contributed by atoms with van der Waals surface area (Å²) in [7, 11) is -3.39. The molecule has 0 bridgehead atoms. The van der Waals surface area contributed by atoms with Gasteiger partial charge in [0.25, 0.3) is 0 Å². The number of nitrogens with zero attached hydrogens (tertiary/aromatic N) is 2. The summed E-state index contributed by atoms with van der Waals surface area (Å²) in [5, 5.41) is 4.39. The van der Waals surface area contributed by atoms with Gasteiger partial charge >= 0.3 is 0 Å². The first-order chi connectivity index (χ1) is 11.9. The van der Waals surface area contributed by atoms with E-state index in [1.165, 1.54) is 12.5 Å². The molecule has 0 aliphatic carbocycles. The third-order valence-corrected chi connectivity index (χ3v) is 6.13. The van der Waals surface area contributed by atoms with Crippen molar-refractivity contribution in [2.24, 2.45) is 0 Å². The topological polar surface area (TPSA) is 72.0 Å². The molecule has 1 aromatic carbocycles. The average Bonchev–Trinajstić information content (AvgIpc) is 2.58. The fourth-order valence-electron chi connectivity index (χ4n) is 3.03. The van der Waals surface area contributed by atoms with Gasteiger partial charge in [0.2, 0.25) is 0 Å². The second-order valence-electron chi connectivity index (χ2n) is 6.23. The minimum Gasteiger partial charge on any atom is -0.316 e. The smallest absolute Gasteiger partial charge is 0.178 e. The van der Waals surface area contributed by atoms with Crippen LogP contribution >= 0.6 is 23.2 Å². The van der Waals surface area contributed by atoms with E-state index in [0.29, 0.717) is 34.5 Å². The van der Waals surface area contributed by atoms with Crippen molar-refractivity contribution >= 4 is 33.0 Å². The van der Waals surface area contributed by atoms with Crippen LogP contribution in [0.25, 0.3) is 0 Å². The Hall–Kier alpha value is -1.21. The van der Waals surface area contributed by atoms with Crippen molar-refractivity contribution < 1.29 is 8.42 Å². The number of piperidine rings is 1. The first-order valence-corrected chi connectivity index (χ1v) is 10.7. The molecular weight excluding hydrogens is 381 g/mol. The van der Waals surface area contributed by atoms with E-state index in [1.807, 2.05) is 0 Å². The SMILES string of the molecule is CS(=O)(=O)c1cnc(Cc2c(Cl)cccc2Cl)nc1[C@@H]1CCCNC1. The summed E-state index contributed by atoms with van der Waals surface area (Å²) < 4.78 is 24.3. The largest absolute Gasteiger partial charge is 0.316 e. The summed E-state index contributed by atoms with van der Waals surface area (Å²) in [5.74, 6) is 0.574. The summed E-state index contributed by atoms with van der Waals surface area (Å²) in [6.07, 6.45) is 4.85. The third-order valence-electron chi connectivity index (χ3n) is 4.31. The Bertz CT molecular complexity index is 861. The van der Waals surface area contributed by atoms with E-state index < -0.39 is 9.84 Å². The van der Waals surface area contributed by atoms with E-state index in [-0.39, 0.29) is 10.8 Å². The molecule has 0 spiro atoms. The third kappa shape index (κ3) is 4.31. The lowest BCUT2D eigenvalue weighted by Gasteiger charge is -2.24. The van der Waals surface area contributed by atoms with Crippen LogP contribution in [0.2, 0.25) is 10.0 Å². The van der Waals surface area contributed by atoms with E-state index in [0.717, 1.165) is 24.9 Å². The van der Waals surface area contributed by atoms with Gasteiger partial charge in [-0.05, 0) is 37.1 Å². The molecule has 0 radical (unpaired) electrons. The molecule has 1 N–H and O–H groups in total. The minimum atomic E-state index is -3.39. The molecule has 0 saturated carbocycles. The second-order valence-corrected chi connectivity index (χ2v) is 9.03. The molecule has 1 aliphatic rings. The van der Waals surface area contributed by atoms with Crippen molar-refractivity contribution in [1.29, 1.82) is 0 Å². The zero-order valence-corrected chi connectivity index (χ0v) is 16.1. The van der Waals surface area contributed by atoms with Crippen LogP contribution in [0.5, 0.6) is 0 Å². The van der Waals surface area contributed by atoms with E-state index in [1.54, 1.807) is 18.2 Å². The molecule has 5 nitrogen and oxygen atoms in total. The number of halogens is 2. The molecule has 8 heteroatoms. The maximum absolute atomic E-state index is 12.1. The predicted octanol–water partition coefficient (Wildman–Crippen LogP) is 3.24. The number of sulfone groups is 1. The van der Waals surface area contributed by atoms with Gasteiger partial charge in [0.1, 0.15) is 10.7 Å². The fourth-order valence-corrected chi connectivity index (χ4v) is 4.40. The highest BCUT2D eigenvalue weighted by Crippen LogP contribution is 2.29. The first kappa shape index (κ1) is 18.6. The highest BCUT2D eigenvalue weighted by molar-refractivity contribution is 7.90. The van der Waals surface area contributed by atoms with Crippen molar-refractivity contribution in [2.75, 3.05) is 19.3 Å². The first-order valence-electron chi connectivity index (χ1n) is 8.05. The fraction of sp³-hybridized carbons (Fsp3) is 0.412. The van der Waals surface area contributed by atoms with Gasteiger partial charge in [0.05, 0.1) is 5.69 Å². The van der Waals surface area contributed by atoms with Crippen molar-refractivity contribution in [2.45, 2.75) is 30.1 Å². The normalized spacial score (nSPS) is 18.3. The van der Waals surface area contributed by atoms with E-state index in [4.69, 9.17) is 23.2 Å². The summed E-state index contributed by atoms with van der Waals surface area (Å²) in [4.78, 5) is 9.05. The highest BCUT2D eigenvalue weighted by Gasteiger charge is 2.25. The molecule has 1 aliphatic heterocycles. The van der Waals surface area contributed by atoms with Crippen molar-refractivity contribution in [1.82, 2.24) is 15.3 Å². The van der Waals surface area contributed by atoms with Crippen LogP contribution in [-0.2, 0) is 16.3 Å². The Labute approximate surface area is 157 Å². The van der Waals surface area contributed by atoms with Crippen LogP contribution in [0, 0.1) is 0 Å².